The SMILES string of the molecule is CCC(=O)Nc1nc2c(s1)CN(C(=O)OC(C)(C)C)CC2. The van der Waals surface area contributed by atoms with E-state index in [1.807, 2.05) is 20.8 Å². The maximum absolute atomic E-state index is 12.1. The van der Waals surface area contributed by atoms with Gasteiger partial charge >= 0.3 is 6.09 Å². The lowest BCUT2D eigenvalue weighted by molar-refractivity contribution is -0.115. The maximum Gasteiger partial charge on any atom is 0.410 e. The molecule has 0 unspecified atom stereocenters. The quantitative estimate of drug-likeness (QED) is 0.911. The largest absolute Gasteiger partial charge is 0.444 e. The first-order chi connectivity index (χ1) is 9.78. The van der Waals surface area contributed by atoms with Crippen molar-refractivity contribution >= 4 is 28.5 Å². The first-order valence-electron chi connectivity index (χ1n) is 7.05. The lowest BCUT2D eigenvalue weighted by Gasteiger charge is -2.29. The van der Waals surface area contributed by atoms with Crippen LogP contribution in [0.5, 0.6) is 0 Å². The van der Waals surface area contributed by atoms with Crippen molar-refractivity contribution < 1.29 is 14.3 Å². The second-order valence-corrected chi connectivity index (χ2v) is 7.03. The summed E-state index contributed by atoms with van der Waals surface area (Å²) in [5, 5.41) is 3.37. The number of anilines is 1. The number of aromatic nitrogens is 1. The molecule has 1 aliphatic heterocycles. The van der Waals surface area contributed by atoms with Crippen molar-refractivity contribution in [2.45, 2.75) is 52.7 Å². The number of carbonyl (C=O) groups excluding carboxylic acids is 2. The fraction of sp³-hybridized carbons (Fsp3) is 0.643. The zero-order chi connectivity index (χ0) is 15.6. The van der Waals surface area contributed by atoms with Gasteiger partial charge in [0.25, 0.3) is 0 Å². The number of hydrogen-bond donors (Lipinski definition) is 1. The monoisotopic (exact) mass is 311 g/mol. The molecule has 1 aromatic rings. The number of rotatable bonds is 2. The molecular weight excluding hydrogens is 290 g/mol. The predicted molar refractivity (Wildman–Crippen MR) is 81.4 cm³/mol. The van der Waals surface area contributed by atoms with Crippen LogP contribution in [-0.4, -0.2) is 34.0 Å². The number of fused-ring (bicyclic) bond motifs is 1. The molecule has 1 N–H and O–H groups in total. The van der Waals surface area contributed by atoms with Crippen LogP contribution in [0.25, 0.3) is 0 Å². The molecular formula is C14H21N3O3S. The van der Waals surface area contributed by atoms with Crippen LogP contribution in [0.3, 0.4) is 0 Å². The molecule has 0 radical (unpaired) electrons. The third-order valence-electron chi connectivity index (χ3n) is 2.95. The van der Waals surface area contributed by atoms with Gasteiger partial charge in [-0.1, -0.05) is 18.3 Å². The summed E-state index contributed by atoms with van der Waals surface area (Å²) in [6.07, 6.45) is 0.808. The Morgan fingerprint density at radius 2 is 2.14 bits per heavy atom. The highest BCUT2D eigenvalue weighted by atomic mass is 32.1. The zero-order valence-electron chi connectivity index (χ0n) is 12.9. The van der Waals surface area contributed by atoms with E-state index in [9.17, 15) is 9.59 Å². The van der Waals surface area contributed by atoms with Gasteiger partial charge in [-0.3, -0.25) is 4.79 Å². The Labute approximate surface area is 128 Å². The number of amides is 2. The van der Waals surface area contributed by atoms with Crippen molar-refractivity contribution in [3.05, 3.63) is 10.6 Å². The second-order valence-electron chi connectivity index (χ2n) is 5.94. The minimum Gasteiger partial charge on any atom is -0.444 e. The van der Waals surface area contributed by atoms with Crippen LogP contribution >= 0.6 is 11.3 Å². The van der Waals surface area contributed by atoms with E-state index in [0.717, 1.165) is 10.6 Å². The smallest absolute Gasteiger partial charge is 0.410 e. The number of nitrogens with zero attached hydrogens (tertiary/aromatic N) is 2. The first-order valence-corrected chi connectivity index (χ1v) is 7.86. The number of hydrogen-bond acceptors (Lipinski definition) is 5. The summed E-state index contributed by atoms with van der Waals surface area (Å²) >= 11 is 1.43. The summed E-state index contributed by atoms with van der Waals surface area (Å²) in [6.45, 7) is 8.44. The van der Waals surface area contributed by atoms with Crippen molar-refractivity contribution in [1.82, 2.24) is 9.88 Å². The fourth-order valence-corrected chi connectivity index (χ4v) is 2.98. The van der Waals surface area contributed by atoms with E-state index in [0.29, 0.717) is 31.1 Å². The topological polar surface area (TPSA) is 71.5 Å². The standard InChI is InChI=1S/C14H21N3O3S/c1-5-11(18)16-12-15-9-6-7-17(8-10(9)21-12)13(19)20-14(2,3)4/h5-8H2,1-4H3,(H,15,16,18). The van der Waals surface area contributed by atoms with Crippen LogP contribution in [0.15, 0.2) is 0 Å². The van der Waals surface area contributed by atoms with Crippen molar-refractivity contribution in [3.8, 4) is 0 Å². The van der Waals surface area contributed by atoms with Crippen LogP contribution < -0.4 is 5.32 Å². The molecule has 6 nitrogen and oxygen atoms in total. The molecule has 1 aromatic heterocycles. The lowest BCUT2D eigenvalue weighted by atomic mass is 10.2. The Hall–Kier alpha value is -1.63. The van der Waals surface area contributed by atoms with Gasteiger partial charge in [0.2, 0.25) is 5.91 Å². The van der Waals surface area contributed by atoms with Crippen molar-refractivity contribution in [2.75, 3.05) is 11.9 Å². The van der Waals surface area contributed by atoms with E-state index in [1.54, 1.807) is 11.8 Å². The van der Waals surface area contributed by atoms with E-state index in [4.69, 9.17) is 4.74 Å². The van der Waals surface area contributed by atoms with Gasteiger partial charge in [0, 0.05) is 24.3 Å². The van der Waals surface area contributed by atoms with Crippen LogP contribution in [0.1, 0.15) is 44.7 Å². The average molecular weight is 311 g/mol. The highest BCUT2D eigenvalue weighted by Gasteiger charge is 2.27. The Kier molecular flexibility index (Phi) is 4.51. The van der Waals surface area contributed by atoms with Crippen molar-refractivity contribution in [1.29, 1.82) is 0 Å². The average Bonchev–Trinajstić information content (AvgIpc) is 2.77. The van der Waals surface area contributed by atoms with Crippen LogP contribution in [0.2, 0.25) is 0 Å². The predicted octanol–water partition coefficient (Wildman–Crippen LogP) is 2.78. The number of thiazole rings is 1. The highest BCUT2D eigenvalue weighted by Crippen LogP contribution is 2.29. The minimum absolute atomic E-state index is 0.0508. The lowest BCUT2D eigenvalue weighted by Crippen LogP contribution is -2.39. The van der Waals surface area contributed by atoms with Crippen LogP contribution in [0.4, 0.5) is 9.93 Å². The van der Waals surface area contributed by atoms with Gasteiger partial charge in [0.15, 0.2) is 5.13 Å². The van der Waals surface area contributed by atoms with E-state index in [-0.39, 0.29) is 12.0 Å². The summed E-state index contributed by atoms with van der Waals surface area (Å²) in [5.41, 5.74) is 0.469. The van der Waals surface area contributed by atoms with Crippen LogP contribution in [-0.2, 0) is 22.5 Å². The molecule has 0 atom stereocenters. The van der Waals surface area contributed by atoms with Crippen molar-refractivity contribution in [3.63, 3.8) is 0 Å². The van der Waals surface area contributed by atoms with Gasteiger partial charge in [-0.05, 0) is 20.8 Å². The molecule has 0 saturated heterocycles. The Bertz CT molecular complexity index is 548. The first kappa shape index (κ1) is 15.8. The molecule has 1 aliphatic rings. The van der Waals surface area contributed by atoms with E-state index in [1.165, 1.54) is 11.3 Å². The summed E-state index contributed by atoms with van der Waals surface area (Å²) < 4.78 is 5.38. The molecule has 0 fully saturated rings. The second kappa shape index (κ2) is 6.01. The fourth-order valence-electron chi connectivity index (χ4n) is 1.94. The van der Waals surface area contributed by atoms with Gasteiger partial charge < -0.3 is 15.0 Å². The van der Waals surface area contributed by atoms with Crippen LogP contribution in [0, 0.1) is 0 Å². The summed E-state index contributed by atoms with van der Waals surface area (Å²) in [7, 11) is 0. The highest BCUT2D eigenvalue weighted by molar-refractivity contribution is 7.15. The molecule has 0 spiro atoms. The normalized spacial score (nSPS) is 14.6. The van der Waals surface area contributed by atoms with Gasteiger partial charge in [-0.15, -0.1) is 0 Å². The molecule has 0 bridgehead atoms. The molecule has 7 heteroatoms. The zero-order valence-corrected chi connectivity index (χ0v) is 13.7. The summed E-state index contributed by atoms with van der Waals surface area (Å²) in [6, 6.07) is 0. The Morgan fingerprint density at radius 1 is 1.43 bits per heavy atom. The molecule has 0 saturated carbocycles. The number of nitrogens with one attached hydrogen (secondary N) is 1. The van der Waals surface area contributed by atoms with E-state index in [2.05, 4.69) is 10.3 Å². The maximum atomic E-state index is 12.1. The Morgan fingerprint density at radius 3 is 2.76 bits per heavy atom. The molecule has 21 heavy (non-hydrogen) atoms. The number of carbonyl (C=O) groups is 2. The van der Waals surface area contributed by atoms with E-state index < -0.39 is 5.60 Å². The molecule has 2 heterocycles. The van der Waals surface area contributed by atoms with Gasteiger partial charge in [0.1, 0.15) is 5.60 Å². The molecule has 2 rings (SSSR count). The molecule has 0 aromatic carbocycles. The third-order valence-corrected chi connectivity index (χ3v) is 3.95. The minimum atomic E-state index is -0.495. The van der Waals surface area contributed by atoms with Gasteiger partial charge in [-0.25, -0.2) is 9.78 Å². The van der Waals surface area contributed by atoms with Gasteiger partial charge in [-0.2, -0.15) is 0 Å². The molecule has 116 valence electrons. The van der Waals surface area contributed by atoms with E-state index >= 15 is 0 Å². The third kappa shape index (κ3) is 4.17. The molecule has 0 aliphatic carbocycles. The summed E-state index contributed by atoms with van der Waals surface area (Å²) in [4.78, 5) is 30.6. The molecule has 2 amide bonds. The summed E-state index contributed by atoms with van der Waals surface area (Å²) in [5.74, 6) is -0.0508. The number of ether oxygens (including phenoxy) is 1. The van der Waals surface area contributed by atoms with Crippen molar-refractivity contribution in [2.24, 2.45) is 0 Å². The Balaban J connectivity index is 2.03. The van der Waals surface area contributed by atoms with Gasteiger partial charge in [0.05, 0.1) is 12.2 Å².